The van der Waals surface area contributed by atoms with Crippen molar-refractivity contribution in [2.45, 2.75) is 6.92 Å². The second-order valence-corrected chi connectivity index (χ2v) is 5.70. The summed E-state index contributed by atoms with van der Waals surface area (Å²) in [6.45, 7) is 1.56. The molecule has 0 aliphatic rings. The summed E-state index contributed by atoms with van der Waals surface area (Å²) in [4.78, 5) is 27.5. The number of halogens is 3. The highest BCUT2D eigenvalue weighted by molar-refractivity contribution is 6.29. The van der Waals surface area contributed by atoms with Gasteiger partial charge in [-0.25, -0.2) is 18.6 Å². The molecule has 0 bridgehead atoms. The Morgan fingerprint density at radius 1 is 1.28 bits per heavy atom. The molecule has 0 amide bonds. The number of carboxylic acid groups (broad SMARTS) is 1. The first kappa shape index (κ1) is 16.8. The fraction of sp³-hybridized carbons (Fsp3) is 0.0625. The van der Waals surface area contributed by atoms with Gasteiger partial charge in [0.05, 0.1) is 16.8 Å². The molecule has 0 saturated heterocycles. The highest BCUT2D eigenvalue weighted by Crippen LogP contribution is 2.25. The van der Waals surface area contributed by atoms with Gasteiger partial charge < -0.3 is 10.8 Å². The first-order chi connectivity index (χ1) is 11.7. The number of fused-ring (bicyclic) bond motifs is 1. The summed E-state index contributed by atoms with van der Waals surface area (Å²) >= 11 is 5.70. The first-order valence-corrected chi connectivity index (χ1v) is 7.29. The molecule has 9 heteroatoms. The monoisotopic (exact) mass is 365 g/mol. The fourth-order valence-corrected chi connectivity index (χ4v) is 2.61. The summed E-state index contributed by atoms with van der Waals surface area (Å²) in [5, 5.41) is 8.49. The number of carbonyl (C=O) groups is 1. The Hall–Kier alpha value is -3.00. The fourth-order valence-electron chi connectivity index (χ4n) is 2.48. The smallest absolute Gasteiger partial charge is 0.341 e. The van der Waals surface area contributed by atoms with Gasteiger partial charge in [0.15, 0.2) is 11.0 Å². The highest BCUT2D eigenvalue weighted by Gasteiger charge is 2.19. The second-order valence-electron chi connectivity index (χ2n) is 5.34. The maximum Gasteiger partial charge on any atom is 0.341 e. The van der Waals surface area contributed by atoms with Crippen LogP contribution in [0.2, 0.25) is 5.15 Å². The van der Waals surface area contributed by atoms with Crippen molar-refractivity contribution < 1.29 is 18.7 Å². The van der Waals surface area contributed by atoms with E-state index in [-0.39, 0.29) is 22.4 Å². The van der Waals surface area contributed by atoms with Gasteiger partial charge in [0.25, 0.3) is 0 Å². The van der Waals surface area contributed by atoms with E-state index in [9.17, 15) is 23.5 Å². The lowest BCUT2D eigenvalue weighted by Gasteiger charge is -2.15. The van der Waals surface area contributed by atoms with Crippen LogP contribution in [-0.4, -0.2) is 20.6 Å². The summed E-state index contributed by atoms with van der Waals surface area (Å²) in [5.41, 5.74) is 4.49. The number of nitrogen functional groups attached to an aromatic ring is 1. The Morgan fingerprint density at radius 3 is 2.60 bits per heavy atom. The van der Waals surface area contributed by atoms with Crippen LogP contribution in [0.3, 0.4) is 0 Å². The van der Waals surface area contributed by atoms with Gasteiger partial charge in [0.1, 0.15) is 17.0 Å². The van der Waals surface area contributed by atoms with E-state index in [1.165, 1.54) is 10.6 Å². The molecule has 2 heterocycles. The molecule has 0 saturated carbocycles. The molecule has 0 aliphatic heterocycles. The molecule has 6 nitrogen and oxygen atoms in total. The Labute approximate surface area is 144 Å². The van der Waals surface area contributed by atoms with Crippen molar-refractivity contribution in [3.63, 3.8) is 0 Å². The number of pyridine rings is 2. The molecule has 0 unspecified atom stereocenters. The van der Waals surface area contributed by atoms with Crippen molar-refractivity contribution in [1.82, 2.24) is 9.55 Å². The maximum absolute atomic E-state index is 13.7. The number of aromatic carboxylic acids is 1. The number of anilines is 1. The standard InChI is InChI=1S/C16H10ClF2N3O3/c1-6-2-9(18)11(20)4-12(6)22-5-8(16(24)25)13(23)7-3-10(19)14(17)21-15(7)22/h2-5H,20H2,1H3,(H,24,25). The second kappa shape index (κ2) is 5.82. The summed E-state index contributed by atoms with van der Waals surface area (Å²) in [5.74, 6) is -3.11. The van der Waals surface area contributed by atoms with Gasteiger partial charge in [-0.1, -0.05) is 11.6 Å². The molecule has 1 aromatic carbocycles. The van der Waals surface area contributed by atoms with E-state index in [4.69, 9.17) is 17.3 Å². The van der Waals surface area contributed by atoms with Gasteiger partial charge in [-0.2, -0.15) is 0 Å². The van der Waals surface area contributed by atoms with E-state index in [2.05, 4.69) is 4.98 Å². The minimum absolute atomic E-state index is 0.0736. The third kappa shape index (κ3) is 2.70. The number of hydrogen-bond acceptors (Lipinski definition) is 4. The van der Waals surface area contributed by atoms with Crippen molar-refractivity contribution in [2.75, 3.05) is 5.73 Å². The molecule has 0 radical (unpaired) electrons. The quantitative estimate of drug-likeness (QED) is 0.537. The molecule has 128 valence electrons. The largest absolute Gasteiger partial charge is 0.477 e. The molecule has 0 atom stereocenters. The lowest BCUT2D eigenvalue weighted by molar-refractivity contribution is 0.0695. The van der Waals surface area contributed by atoms with Gasteiger partial charge in [0.2, 0.25) is 5.43 Å². The van der Waals surface area contributed by atoms with E-state index < -0.39 is 33.7 Å². The normalized spacial score (nSPS) is 11.0. The molecule has 3 N–H and O–H groups in total. The van der Waals surface area contributed by atoms with Crippen molar-refractivity contribution in [3.8, 4) is 5.69 Å². The number of benzene rings is 1. The number of nitrogens with zero attached hydrogens (tertiary/aromatic N) is 2. The number of nitrogens with two attached hydrogens (primary N) is 1. The Balaban J connectivity index is 2.52. The molecule has 0 fully saturated rings. The molecule has 3 aromatic rings. The van der Waals surface area contributed by atoms with Gasteiger partial charge in [-0.3, -0.25) is 9.36 Å². The summed E-state index contributed by atoms with van der Waals surface area (Å²) in [6.07, 6.45) is 1.02. The topological polar surface area (TPSA) is 98.2 Å². The van der Waals surface area contributed by atoms with Crippen molar-refractivity contribution in [3.05, 3.63) is 62.5 Å². The first-order valence-electron chi connectivity index (χ1n) is 6.91. The number of rotatable bonds is 2. The third-order valence-electron chi connectivity index (χ3n) is 3.69. The Bertz CT molecular complexity index is 1110. The highest BCUT2D eigenvalue weighted by atomic mass is 35.5. The molecular formula is C16H10ClF2N3O3. The molecule has 25 heavy (non-hydrogen) atoms. The van der Waals surface area contributed by atoms with Crippen LogP contribution in [0.25, 0.3) is 16.7 Å². The third-order valence-corrected chi connectivity index (χ3v) is 3.96. The predicted molar refractivity (Wildman–Crippen MR) is 88.4 cm³/mol. The van der Waals surface area contributed by atoms with Crippen LogP contribution in [0.15, 0.2) is 29.2 Å². The molecule has 0 spiro atoms. The van der Waals surface area contributed by atoms with Crippen LogP contribution in [0.1, 0.15) is 15.9 Å². The van der Waals surface area contributed by atoms with Crippen LogP contribution in [-0.2, 0) is 0 Å². The Kier molecular flexibility index (Phi) is 3.92. The summed E-state index contributed by atoms with van der Waals surface area (Å²) in [6, 6.07) is 3.23. The number of carboxylic acids is 1. The van der Waals surface area contributed by atoms with Crippen LogP contribution < -0.4 is 11.2 Å². The van der Waals surface area contributed by atoms with Crippen molar-refractivity contribution >= 4 is 34.3 Å². The summed E-state index contributed by atoms with van der Waals surface area (Å²) < 4.78 is 28.6. The number of aromatic nitrogens is 2. The lowest BCUT2D eigenvalue weighted by atomic mass is 10.1. The lowest BCUT2D eigenvalue weighted by Crippen LogP contribution is -2.20. The van der Waals surface area contributed by atoms with E-state index >= 15 is 0 Å². The van der Waals surface area contributed by atoms with Crippen molar-refractivity contribution in [1.29, 1.82) is 0 Å². The minimum atomic E-state index is -1.50. The number of aryl methyl sites for hydroxylation is 1. The zero-order valence-electron chi connectivity index (χ0n) is 12.7. The van der Waals surface area contributed by atoms with Gasteiger partial charge >= 0.3 is 5.97 Å². The van der Waals surface area contributed by atoms with E-state index in [1.807, 2.05) is 0 Å². The molecule has 0 aliphatic carbocycles. The van der Waals surface area contributed by atoms with E-state index in [1.54, 1.807) is 6.92 Å². The van der Waals surface area contributed by atoms with Crippen molar-refractivity contribution in [2.24, 2.45) is 0 Å². The number of hydrogen-bond donors (Lipinski definition) is 2. The molecule has 3 rings (SSSR count). The molecule has 2 aromatic heterocycles. The zero-order chi connectivity index (χ0) is 18.5. The average Bonchev–Trinajstić information content (AvgIpc) is 2.53. The Morgan fingerprint density at radius 2 is 1.96 bits per heavy atom. The minimum Gasteiger partial charge on any atom is -0.477 e. The zero-order valence-corrected chi connectivity index (χ0v) is 13.4. The average molecular weight is 366 g/mol. The van der Waals surface area contributed by atoms with Crippen LogP contribution >= 0.6 is 11.6 Å². The molecular weight excluding hydrogens is 356 g/mol. The van der Waals surface area contributed by atoms with Gasteiger partial charge in [0, 0.05) is 6.20 Å². The van der Waals surface area contributed by atoms with E-state index in [0.717, 1.165) is 18.3 Å². The SMILES string of the molecule is Cc1cc(F)c(N)cc1-n1cc(C(=O)O)c(=O)c2cc(F)c(Cl)nc21. The van der Waals surface area contributed by atoms with E-state index in [0.29, 0.717) is 5.56 Å². The van der Waals surface area contributed by atoms with Gasteiger partial charge in [-0.15, -0.1) is 0 Å². The van der Waals surface area contributed by atoms with Crippen LogP contribution in [0, 0.1) is 18.6 Å². The van der Waals surface area contributed by atoms with Crippen LogP contribution in [0.5, 0.6) is 0 Å². The van der Waals surface area contributed by atoms with Crippen LogP contribution in [0.4, 0.5) is 14.5 Å². The van der Waals surface area contributed by atoms with Gasteiger partial charge in [-0.05, 0) is 30.7 Å². The summed E-state index contributed by atoms with van der Waals surface area (Å²) in [7, 11) is 0. The maximum atomic E-state index is 13.7. The predicted octanol–water partition coefficient (Wildman–Crippen LogP) is 2.91.